The molecular formula is C14H14O2S. The minimum absolute atomic E-state index is 0.205. The van der Waals surface area contributed by atoms with Gasteiger partial charge < -0.3 is 4.74 Å². The minimum Gasteiger partial charge on any atom is -0.494 e. The molecule has 1 aromatic heterocycles. The van der Waals surface area contributed by atoms with Crippen LogP contribution >= 0.6 is 11.3 Å². The van der Waals surface area contributed by atoms with Gasteiger partial charge >= 0.3 is 0 Å². The lowest BCUT2D eigenvalue weighted by Crippen LogP contribution is -2.02. The van der Waals surface area contributed by atoms with Crippen LogP contribution in [-0.2, 0) is 0 Å². The summed E-state index contributed by atoms with van der Waals surface area (Å²) in [5.41, 5.74) is 0. The summed E-state index contributed by atoms with van der Waals surface area (Å²) in [4.78, 5) is 12.5. The van der Waals surface area contributed by atoms with E-state index in [2.05, 4.69) is 0 Å². The normalized spacial score (nSPS) is 10.1. The number of thiophene rings is 1. The first-order valence-electron chi connectivity index (χ1n) is 5.61. The largest absolute Gasteiger partial charge is 0.494 e. The number of hydrogen-bond donors (Lipinski definition) is 0. The van der Waals surface area contributed by atoms with Crippen molar-refractivity contribution in [3.63, 3.8) is 0 Å². The van der Waals surface area contributed by atoms with Gasteiger partial charge in [0.15, 0.2) is 5.78 Å². The van der Waals surface area contributed by atoms with Crippen LogP contribution in [0.3, 0.4) is 0 Å². The Morgan fingerprint density at radius 1 is 1.12 bits per heavy atom. The number of Topliss-reactive ketones (excluding diaryl/α,β-unsaturated/α-hetero) is 1. The fourth-order valence-corrected chi connectivity index (χ4v) is 2.19. The van der Waals surface area contributed by atoms with Crippen LogP contribution in [0.15, 0.2) is 47.8 Å². The first-order valence-corrected chi connectivity index (χ1v) is 6.49. The molecule has 3 heteroatoms. The molecule has 2 rings (SSSR count). The second kappa shape index (κ2) is 6.21. The second-order valence-corrected chi connectivity index (χ2v) is 4.61. The van der Waals surface area contributed by atoms with Gasteiger partial charge in [0, 0.05) is 6.42 Å². The number of hydrogen-bond acceptors (Lipinski definition) is 3. The average Bonchev–Trinajstić information content (AvgIpc) is 2.89. The number of benzene rings is 1. The molecule has 0 aliphatic carbocycles. The van der Waals surface area contributed by atoms with E-state index >= 15 is 0 Å². The molecule has 0 radical (unpaired) electrons. The number of ether oxygens (including phenoxy) is 1. The zero-order valence-corrected chi connectivity index (χ0v) is 10.3. The number of carbonyl (C=O) groups is 1. The van der Waals surface area contributed by atoms with Gasteiger partial charge in [-0.3, -0.25) is 4.79 Å². The zero-order chi connectivity index (χ0) is 11.9. The first kappa shape index (κ1) is 11.9. The van der Waals surface area contributed by atoms with Crippen LogP contribution in [0.1, 0.15) is 22.5 Å². The summed E-state index contributed by atoms with van der Waals surface area (Å²) in [7, 11) is 0. The Kier molecular flexibility index (Phi) is 4.33. The van der Waals surface area contributed by atoms with Crippen molar-refractivity contribution < 1.29 is 9.53 Å². The molecule has 1 aromatic carbocycles. The van der Waals surface area contributed by atoms with E-state index in [9.17, 15) is 4.79 Å². The molecule has 88 valence electrons. The summed E-state index contributed by atoms with van der Waals surface area (Å²) >= 11 is 1.50. The minimum atomic E-state index is 0.205. The third kappa shape index (κ3) is 3.71. The van der Waals surface area contributed by atoms with E-state index in [1.807, 2.05) is 47.8 Å². The van der Waals surface area contributed by atoms with Gasteiger partial charge in [0.2, 0.25) is 0 Å². The predicted octanol–water partition coefficient (Wildman–Crippen LogP) is 3.79. The van der Waals surface area contributed by atoms with Gasteiger partial charge in [0.1, 0.15) is 5.75 Å². The highest BCUT2D eigenvalue weighted by atomic mass is 32.1. The molecule has 0 spiro atoms. The highest BCUT2D eigenvalue weighted by Crippen LogP contribution is 2.13. The van der Waals surface area contributed by atoms with E-state index in [0.29, 0.717) is 13.0 Å². The lowest BCUT2D eigenvalue weighted by Gasteiger charge is -2.04. The second-order valence-electron chi connectivity index (χ2n) is 3.67. The fourth-order valence-electron chi connectivity index (χ4n) is 1.50. The third-order valence-corrected chi connectivity index (χ3v) is 3.27. The Bertz CT molecular complexity index is 448. The lowest BCUT2D eigenvalue weighted by molar-refractivity contribution is 0.0977. The van der Waals surface area contributed by atoms with E-state index in [1.165, 1.54) is 11.3 Å². The van der Waals surface area contributed by atoms with Gasteiger partial charge in [0.25, 0.3) is 0 Å². The Morgan fingerprint density at radius 3 is 2.65 bits per heavy atom. The topological polar surface area (TPSA) is 26.3 Å². The Balaban J connectivity index is 1.69. The Hall–Kier alpha value is -1.61. The standard InChI is InChI=1S/C14H14O2S/c15-13(14-9-5-11-17-14)8-4-10-16-12-6-2-1-3-7-12/h1-3,5-7,9,11H,4,8,10H2. The highest BCUT2D eigenvalue weighted by molar-refractivity contribution is 7.12. The van der Waals surface area contributed by atoms with Crippen molar-refractivity contribution in [1.29, 1.82) is 0 Å². The summed E-state index contributed by atoms with van der Waals surface area (Å²) in [5, 5.41) is 1.92. The maximum atomic E-state index is 11.7. The quantitative estimate of drug-likeness (QED) is 0.572. The molecule has 0 fully saturated rings. The van der Waals surface area contributed by atoms with Crippen molar-refractivity contribution in [1.82, 2.24) is 0 Å². The summed E-state index contributed by atoms with van der Waals surface area (Å²) in [6.45, 7) is 0.584. The number of carbonyl (C=O) groups excluding carboxylic acids is 1. The smallest absolute Gasteiger partial charge is 0.172 e. The highest BCUT2D eigenvalue weighted by Gasteiger charge is 2.05. The van der Waals surface area contributed by atoms with Gasteiger partial charge in [-0.05, 0) is 30.0 Å². The molecule has 0 N–H and O–H groups in total. The monoisotopic (exact) mass is 246 g/mol. The van der Waals surface area contributed by atoms with Crippen molar-refractivity contribution in [2.45, 2.75) is 12.8 Å². The summed E-state index contributed by atoms with van der Waals surface area (Å²) in [6.07, 6.45) is 1.30. The number of para-hydroxylation sites is 1. The Labute approximate surface area is 105 Å². The lowest BCUT2D eigenvalue weighted by atomic mass is 10.2. The fraction of sp³-hybridized carbons (Fsp3) is 0.214. The number of rotatable bonds is 6. The summed E-state index contributed by atoms with van der Waals surface area (Å²) < 4.78 is 5.52. The van der Waals surface area contributed by atoms with E-state index in [0.717, 1.165) is 17.0 Å². The maximum absolute atomic E-state index is 11.7. The predicted molar refractivity (Wildman–Crippen MR) is 69.8 cm³/mol. The van der Waals surface area contributed by atoms with Crippen LogP contribution in [0.4, 0.5) is 0 Å². The molecule has 0 aliphatic heterocycles. The van der Waals surface area contributed by atoms with Crippen LogP contribution in [0.25, 0.3) is 0 Å². The molecule has 0 unspecified atom stereocenters. The first-order chi connectivity index (χ1) is 8.36. The average molecular weight is 246 g/mol. The summed E-state index contributed by atoms with van der Waals surface area (Å²) in [6, 6.07) is 13.4. The van der Waals surface area contributed by atoms with Crippen LogP contribution in [0.5, 0.6) is 5.75 Å². The molecule has 0 saturated heterocycles. The molecule has 2 nitrogen and oxygen atoms in total. The molecule has 2 aromatic rings. The van der Waals surface area contributed by atoms with E-state index in [1.54, 1.807) is 0 Å². The van der Waals surface area contributed by atoms with Gasteiger partial charge in [0.05, 0.1) is 11.5 Å². The van der Waals surface area contributed by atoms with E-state index in [-0.39, 0.29) is 5.78 Å². The third-order valence-electron chi connectivity index (χ3n) is 2.36. The molecule has 17 heavy (non-hydrogen) atoms. The number of ketones is 1. The molecule has 0 saturated carbocycles. The Morgan fingerprint density at radius 2 is 1.94 bits per heavy atom. The van der Waals surface area contributed by atoms with Crippen molar-refractivity contribution in [3.8, 4) is 5.75 Å². The molecule has 0 aliphatic rings. The summed E-state index contributed by atoms with van der Waals surface area (Å²) in [5.74, 6) is 1.06. The zero-order valence-electron chi connectivity index (χ0n) is 9.46. The maximum Gasteiger partial charge on any atom is 0.172 e. The van der Waals surface area contributed by atoms with Gasteiger partial charge in [-0.15, -0.1) is 11.3 Å². The molecule has 0 atom stereocenters. The van der Waals surface area contributed by atoms with Crippen LogP contribution in [0, 0.1) is 0 Å². The van der Waals surface area contributed by atoms with E-state index < -0.39 is 0 Å². The van der Waals surface area contributed by atoms with Gasteiger partial charge in [-0.1, -0.05) is 24.3 Å². The van der Waals surface area contributed by atoms with Crippen LogP contribution in [-0.4, -0.2) is 12.4 Å². The van der Waals surface area contributed by atoms with Crippen molar-refractivity contribution >= 4 is 17.1 Å². The van der Waals surface area contributed by atoms with Gasteiger partial charge in [-0.2, -0.15) is 0 Å². The van der Waals surface area contributed by atoms with Crippen molar-refractivity contribution in [3.05, 3.63) is 52.7 Å². The SMILES string of the molecule is O=C(CCCOc1ccccc1)c1cccs1. The molecule has 0 bridgehead atoms. The van der Waals surface area contributed by atoms with E-state index in [4.69, 9.17) is 4.74 Å². The van der Waals surface area contributed by atoms with Gasteiger partial charge in [-0.25, -0.2) is 0 Å². The van der Waals surface area contributed by atoms with Crippen LogP contribution < -0.4 is 4.74 Å². The van der Waals surface area contributed by atoms with Crippen molar-refractivity contribution in [2.24, 2.45) is 0 Å². The molecular weight excluding hydrogens is 232 g/mol. The van der Waals surface area contributed by atoms with Crippen molar-refractivity contribution in [2.75, 3.05) is 6.61 Å². The molecule has 0 amide bonds. The van der Waals surface area contributed by atoms with Crippen LogP contribution in [0.2, 0.25) is 0 Å². The molecule has 1 heterocycles.